The van der Waals surface area contributed by atoms with Crippen LogP contribution in [0.5, 0.6) is 0 Å². The predicted octanol–water partition coefficient (Wildman–Crippen LogP) is 0.762. The molecular formula is C7H12N4OS. The smallest absolute Gasteiger partial charge is 0.238 e. The minimum atomic E-state index is 0.534. The second-order valence-corrected chi connectivity index (χ2v) is 3.61. The molecule has 1 aliphatic heterocycles. The van der Waals surface area contributed by atoms with Crippen LogP contribution in [0.15, 0.2) is 0 Å². The normalized spacial score (nSPS) is 19.1. The highest BCUT2D eigenvalue weighted by atomic mass is 32.1. The van der Waals surface area contributed by atoms with E-state index >= 15 is 0 Å². The van der Waals surface area contributed by atoms with Gasteiger partial charge in [0.1, 0.15) is 0 Å². The van der Waals surface area contributed by atoms with Gasteiger partial charge in [0.15, 0.2) is 0 Å². The van der Waals surface area contributed by atoms with E-state index in [1.807, 2.05) is 4.68 Å². The molecule has 13 heavy (non-hydrogen) atoms. The average Bonchev–Trinajstić information content (AvgIpc) is 2.54. The van der Waals surface area contributed by atoms with Crippen molar-refractivity contribution in [3.05, 3.63) is 4.77 Å². The third kappa shape index (κ3) is 2.13. The monoisotopic (exact) mass is 200 g/mol. The molecule has 1 aliphatic rings. The topological polar surface area (TPSA) is 55.7 Å². The van der Waals surface area contributed by atoms with Crippen LogP contribution in [0.4, 0.5) is 0 Å². The van der Waals surface area contributed by atoms with Gasteiger partial charge in [-0.15, -0.1) is 0 Å². The maximum Gasteiger partial charge on any atom is 0.238 e. The Kier molecular flexibility index (Phi) is 2.70. The average molecular weight is 200 g/mol. The van der Waals surface area contributed by atoms with Crippen LogP contribution in [-0.2, 0) is 11.3 Å². The van der Waals surface area contributed by atoms with Gasteiger partial charge in [-0.05, 0) is 31.0 Å². The summed E-state index contributed by atoms with van der Waals surface area (Å²) in [5.74, 6) is 0.641. The van der Waals surface area contributed by atoms with E-state index in [4.69, 9.17) is 17.0 Å². The van der Waals surface area contributed by atoms with Crippen molar-refractivity contribution < 1.29 is 4.74 Å². The van der Waals surface area contributed by atoms with Crippen LogP contribution in [0.2, 0.25) is 0 Å². The summed E-state index contributed by atoms with van der Waals surface area (Å²) in [7, 11) is 0. The van der Waals surface area contributed by atoms with Gasteiger partial charge in [0.05, 0.1) is 0 Å². The fraction of sp³-hybridized carbons (Fsp3) is 0.857. The van der Waals surface area contributed by atoms with E-state index in [1.54, 1.807) is 0 Å². The first-order valence-electron chi connectivity index (χ1n) is 4.42. The minimum Gasteiger partial charge on any atom is -0.381 e. The Hall–Kier alpha value is -0.750. The Bertz CT molecular complexity index is 314. The van der Waals surface area contributed by atoms with Crippen molar-refractivity contribution in [1.29, 1.82) is 0 Å². The number of rotatable bonds is 2. The van der Waals surface area contributed by atoms with Gasteiger partial charge in [-0.3, -0.25) is 0 Å². The lowest BCUT2D eigenvalue weighted by Crippen LogP contribution is -2.21. The van der Waals surface area contributed by atoms with E-state index in [0.717, 1.165) is 32.6 Å². The van der Waals surface area contributed by atoms with Crippen LogP contribution in [0.1, 0.15) is 12.8 Å². The standard InChI is InChI=1S/C7H12N4OS/c13-7-8-9-10-11(7)5-6-1-3-12-4-2-6/h6H,1-5H2,(H,8,10,13). The zero-order chi connectivity index (χ0) is 9.10. The second kappa shape index (κ2) is 3.97. The molecule has 72 valence electrons. The summed E-state index contributed by atoms with van der Waals surface area (Å²) in [4.78, 5) is 0. The molecule has 0 unspecified atom stereocenters. The van der Waals surface area contributed by atoms with Gasteiger partial charge in [0.2, 0.25) is 4.77 Å². The molecule has 1 aromatic heterocycles. The lowest BCUT2D eigenvalue weighted by molar-refractivity contribution is 0.0598. The summed E-state index contributed by atoms with van der Waals surface area (Å²) in [6.07, 6.45) is 2.20. The second-order valence-electron chi connectivity index (χ2n) is 3.25. The Morgan fingerprint density at radius 3 is 2.92 bits per heavy atom. The highest BCUT2D eigenvalue weighted by Gasteiger charge is 2.14. The number of ether oxygens (including phenoxy) is 1. The fourth-order valence-corrected chi connectivity index (χ4v) is 1.68. The Morgan fingerprint density at radius 2 is 2.31 bits per heavy atom. The molecule has 0 amide bonds. The highest BCUT2D eigenvalue weighted by molar-refractivity contribution is 7.71. The van der Waals surface area contributed by atoms with Gasteiger partial charge < -0.3 is 4.74 Å². The van der Waals surface area contributed by atoms with Gasteiger partial charge in [0, 0.05) is 19.8 Å². The van der Waals surface area contributed by atoms with Crippen LogP contribution in [0, 0.1) is 10.7 Å². The Morgan fingerprint density at radius 1 is 1.54 bits per heavy atom. The number of aromatic amines is 1. The SMILES string of the molecule is S=c1nn[nH]n1CC1CCOCC1. The van der Waals surface area contributed by atoms with Gasteiger partial charge in [-0.25, -0.2) is 4.68 Å². The predicted molar refractivity (Wildman–Crippen MR) is 48.7 cm³/mol. The maximum absolute atomic E-state index is 5.27. The lowest BCUT2D eigenvalue weighted by atomic mass is 10.0. The number of hydrogen-bond acceptors (Lipinski definition) is 4. The first-order valence-corrected chi connectivity index (χ1v) is 4.83. The van der Waals surface area contributed by atoms with Crippen molar-refractivity contribution >= 4 is 12.2 Å². The number of H-pyrrole nitrogens is 1. The third-order valence-corrected chi connectivity index (χ3v) is 2.62. The summed E-state index contributed by atoms with van der Waals surface area (Å²) in [6, 6.07) is 0. The van der Waals surface area contributed by atoms with E-state index < -0.39 is 0 Å². The number of aromatic nitrogens is 4. The molecule has 0 spiro atoms. The molecule has 2 rings (SSSR count). The first-order chi connectivity index (χ1) is 6.36. The van der Waals surface area contributed by atoms with Crippen molar-refractivity contribution in [2.75, 3.05) is 13.2 Å². The number of nitrogens with one attached hydrogen (secondary N) is 1. The highest BCUT2D eigenvalue weighted by Crippen LogP contribution is 2.15. The quantitative estimate of drug-likeness (QED) is 0.716. The molecule has 0 atom stereocenters. The van der Waals surface area contributed by atoms with E-state index in [1.165, 1.54) is 0 Å². The Labute approximate surface area is 81.1 Å². The largest absolute Gasteiger partial charge is 0.381 e. The maximum atomic E-state index is 5.27. The molecule has 0 radical (unpaired) electrons. The molecule has 1 aromatic rings. The lowest BCUT2D eigenvalue weighted by Gasteiger charge is -2.21. The van der Waals surface area contributed by atoms with Crippen molar-refractivity contribution in [2.45, 2.75) is 19.4 Å². The number of nitrogens with zero attached hydrogens (tertiary/aromatic N) is 3. The van der Waals surface area contributed by atoms with Crippen LogP contribution in [-0.4, -0.2) is 33.4 Å². The molecule has 0 aromatic carbocycles. The summed E-state index contributed by atoms with van der Waals surface area (Å²) in [5, 5.41) is 10.1. The van der Waals surface area contributed by atoms with Crippen molar-refractivity contribution in [3.63, 3.8) is 0 Å². The molecule has 0 bridgehead atoms. The summed E-state index contributed by atoms with van der Waals surface area (Å²) < 4.78 is 7.62. The molecule has 6 heteroatoms. The van der Waals surface area contributed by atoms with E-state index in [0.29, 0.717) is 10.7 Å². The fourth-order valence-electron chi connectivity index (χ4n) is 1.52. The third-order valence-electron chi connectivity index (χ3n) is 2.31. The molecule has 1 saturated heterocycles. The van der Waals surface area contributed by atoms with Crippen LogP contribution in [0.3, 0.4) is 0 Å². The van der Waals surface area contributed by atoms with Gasteiger partial charge >= 0.3 is 0 Å². The molecular weight excluding hydrogens is 188 g/mol. The van der Waals surface area contributed by atoms with Crippen molar-refractivity contribution in [2.24, 2.45) is 5.92 Å². The minimum absolute atomic E-state index is 0.534. The van der Waals surface area contributed by atoms with Crippen LogP contribution < -0.4 is 0 Å². The van der Waals surface area contributed by atoms with E-state index in [-0.39, 0.29) is 0 Å². The molecule has 2 heterocycles. The zero-order valence-electron chi connectivity index (χ0n) is 7.27. The molecule has 5 nitrogen and oxygen atoms in total. The molecule has 1 N–H and O–H groups in total. The summed E-state index contributed by atoms with van der Waals surface area (Å²) in [5.41, 5.74) is 0. The zero-order valence-corrected chi connectivity index (χ0v) is 8.09. The Balaban J connectivity index is 1.97. The van der Waals surface area contributed by atoms with Crippen molar-refractivity contribution in [3.8, 4) is 0 Å². The molecule has 0 aliphatic carbocycles. The molecule has 0 saturated carbocycles. The van der Waals surface area contributed by atoms with E-state index in [2.05, 4.69) is 15.5 Å². The van der Waals surface area contributed by atoms with Crippen molar-refractivity contribution in [1.82, 2.24) is 20.2 Å². The van der Waals surface area contributed by atoms with Gasteiger partial charge in [-0.2, -0.15) is 5.21 Å². The van der Waals surface area contributed by atoms with Crippen LogP contribution in [0.25, 0.3) is 0 Å². The van der Waals surface area contributed by atoms with Gasteiger partial charge in [-0.1, -0.05) is 10.3 Å². The molecule has 1 fully saturated rings. The van der Waals surface area contributed by atoms with Crippen LogP contribution >= 0.6 is 12.2 Å². The van der Waals surface area contributed by atoms with E-state index in [9.17, 15) is 0 Å². The van der Waals surface area contributed by atoms with Gasteiger partial charge in [0.25, 0.3) is 0 Å². The summed E-state index contributed by atoms with van der Waals surface area (Å²) in [6.45, 7) is 2.61. The first kappa shape index (κ1) is 8.83. The number of tetrazole rings is 1. The summed E-state index contributed by atoms with van der Waals surface area (Å²) >= 11 is 4.98. The number of hydrogen-bond donors (Lipinski definition) is 1.